The predicted molar refractivity (Wildman–Crippen MR) is 92.2 cm³/mol. The summed E-state index contributed by atoms with van der Waals surface area (Å²) in [6.45, 7) is 10.0. The molecule has 4 heteroatoms. The van der Waals surface area contributed by atoms with Crippen molar-refractivity contribution < 1.29 is 19.7 Å². The fourth-order valence-electron chi connectivity index (χ4n) is 5.76. The Morgan fingerprint density at radius 1 is 1.33 bits per heavy atom. The van der Waals surface area contributed by atoms with E-state index < -0.39 is 17.3 Å². The first-order chi connectivity index (χ1) is 11.2. The summed E-state index contributed by atoms with van der Waals surface area (Å²) in [5.41, 5.74) is -1.36. The number of fused-ring (bicyclic) bond motifs is 1. The largest absolute Gasteiger partial charge is 0.458 e. The van der Waals surface area contributed by atoms with Crippen LogP contribution >= 0.6 is 0 Å². The number of rotatable bonds is 6. The third-order valence-corrected chi connectivity index (χ3v) is 6.81. The van der Waals surface area contributed by atoms with Gasteiger partial charge in [-0.05, 0) is 49.9 Å². The Balaban J connectivity index is 1.84. The first-order valence-corrected chi connectivity index (χ1v) is 9.50. The molecule has 3 fully saturated rings. The maximum Gasteiger partial charge on any atom is 0.313 e. The predicted octanol–water partition coefficient (Wildman–Crippen LogP) is 3.07. The average molecular weight is 336 g/mol. The fourth-order valence-corrected chi connectivity index (χ4v) is 5.76. The molecule has 0 amide bonds. The zero-order valence-electron chi connectivity index (χ0n) is 15.2. The SMILES string of the molecule is C=CC(CC(C)C)C(=O)OC12CC3CC(O)(CC(O)C1CC)C3C2. The Kier molecular flexibility index (Phi) is 4.59. The van der Waals surface area contributed by atoms with Crippen LogP contribution in [0.2, 0.25) is 0 Å². The maximum absolute atomic E-state index is 12.8. The Hall–Kier alpha value is -0.870. The Labute approximate surface area is 145 Å². The number of carbonyl (C=O) groups excluding carboxylic acids is 1. The van der Waals surface area contributed by atoms with Crippen LogP contribution in [0.3, 0.4) is 0 Å². The van der Waals surface area contributed by atoms with Crippen molar-refractivity contribution in [1.29, 1.82) is 0 Å². The number of hydrogen-bond acceptors (Lipinski definition) is 4. The molecule has 24 heavy (non-hydrogen) atoms. The van der Waals surface area contributed by atoms with E-state index in [9.17, 15) is 15.0 Å². The highest BCUT2D eigenvalue weighted by atomic mass is 16.6. The summed E-state index contributed by atoms with van der Waals surface area (Å²) in [6.07, 6.45) is 5.21. The van der Waals surface area contributed by atoms with E-state index >= 15 is 0 Å². The van der Waals surface area contributed by atoms with Gasteiger partial charge in [0.2, 0.25) is 0 Å². The molecule has 2 N–H and O–H groups in total. The molecule has 0 aromatic heterocycles. The highest BCUT2D eigenvalue weighted by molar-refractivity contribution is 5.75. The van der Waals surface area contributed by atoms with Gasteiger partial charge < -0.3 is 14.9 Å². The van der Waals surface area contributed by atoms with Gasteiger partial charge in [-0.15, -0.1) is 6.58 Å². The molecule has 0 spiro atoms. The molecule has 0 radical (unpaired) electrons. The summed E-state index contributed by atoms with van der Waals surface area (Å²) in [5.74, 6) is 0.392. The van der Waals surface area contributed by atoms with Gasteiger partial charge >= 0.3 is 5.97 Å². The van der Waals surface area contributed by atoms with Crippen LogP contribution in [-0.4, -0.2) is 33.5 Å². The summed E-state index contributed by atoms with van der Waals surface area (Å²) < 4.78 is 6.14. The minimum atomic E-state index is -0.752. The number of ether oxygens (including phenoxy) is 1. The van der Waals surface area contributed by atoms with Gasteiger partial charge in [0.25, 0.3) is 0 Å². The van der Waals surface area contributed by atoms with Crippen LogP contribution in [0.1, 0.15) is 59.3 Å². The van der Waals surface area contributed by atoms with E-state index in [4.69, 9.17) is 4.74 Å². The quantitative estimate of drug-likeness (QED) is 0.578. The molecule has 3 saturated carbocycles. The third-order valence-electron chi connectivity index (χ3n) is 6.81. The van der Waals surface area contributed by atoms with Crippen LogP contribution < -0.4 is 0 Å². The van der Waals surface area contributed by atoms with E-state index in [0.717, 1.165) is 25.7 Å². The lowest BCUT2D eigenvalue weighted by Crippen LogP contribution is -2.55. The van der Waals surface area contributed by atoms with Crippen molar-refractivity contribution in [2.24, 2.45) is 29.6 Å². The highest BCUT2D eigenvalue weighted by Gasteiger charge is 2.68. The van der Waals surface area contributed by atoms with E-state index in [1.807, 2.05) is 6.92 Å². The standard InChI is InChI=1S/C20H32O4/c1-5-13(7-12(3)4)18(22)24-20-9-14-8-19(23,16(14)10-20)11-17(21)15(20)6-2/h5,12-17,21,23H,1,6-11H2,2-4H3. The number of aliphatic hydroxyl groups excluding tert-OH is 1. The summed E-state index contributed by atoms with van der Waals surface area (Å²) in [6, 6.07) is 0. The third kappa shape index (κ3) is 2.72. The minimum absolute atomic E-state index is 0.0900. The Morgan fingerprint density at radius 2 is 2.04 bits per heavy atom. The van der Waals surface area contributed by atoms with E-state index in [1.165, 1.54) is 0 Å². The normalized spacial score (nSPS) is 44.6. The molecule has 0 aromatic rings. The van der Waals surface area contributed by atoms with Crippen molar-refractivity contribution in [3.05, 3.63) is 12.7 Å². The van der Waals surface area contributed by atoms with Gasteiger partial charge in [-0.2, -0.15) is 0 Å². The number of aliphatic hydroxyl groups is 2. The molecule has 0 aromatic carbocycles. The van der Waals surface area contributed by atoms with Gasteiger partial charge in [0.15, 0.2) is 0 Å². The number of carbonyl (C=O) groups is 1. The second-order valence-corrected chi connectivity index (χ2v) is 8.83. The van der Waals surface area contributed by atoms with Gasteiger partial charge in [-0.25, -0.2) is 0 Å². The molecule has 2 bridgehead atoms. The first kappa shape index (κ1) is 17.9. The summed E-state index contributed by atoms with van der Waals surface area (Å²) in [7, 11) is 0. The van der Waals surface area contributed by atoms with Crippen molar-refractivity contribution in [2.45, 2.75) is 76.6 Å². The van der Waals surface area contributed by atoms with Gasteiger partial charge in [0.1, 0.15) is 5.60 Å². The van der Waals surface area contributed by atoms with E-state index in [-0.39, 0.29) is 23.7 Å². The molecule has 7 atom stereocenters. The van der Waals surface area contributed by atoms with Crippen LogP contribution in [0.5, 0.6) is 0 Å². The average Bonchev–Trinajstić information content (AvgIpc) is 2.76. The molecular weight excluding hydrogens is 304 g/mol. The lowest BCUT2D eigenvalue weighted by atomic mass is 9.60. The zero-order chi connectivity index (χ0) is 17.7. The van der Waals surface area contributed by atoms with Crippen LogP contribution in [0.4, 0.5) is 0 Å². The van der Waals surface area contributed by atoms with Crippen molar-refractivity contribution in [3.8, 4) is 0 Å². The van der Waals surface area contributed by atoms with Crippen LogP contribution in [0, 0.1) is 29.6 Å². The number of esters is 1. The second-order valence-electron chi connectivity index (χ2n) is 8.83. The van der Waals surface area contributed by atoms with Crippen molar-refractivity contribution in [3.63, 3.8) is 0 Å². The van der Waals surface area contributed by atoms with Crippen LogP contribution in [-0.2, 0) is 9.53 Å². The van der Waals surface area contributed by atoms with Gasteiger partial charge in [-0.3, -0.25) is 4.79 Å². The lowest BCUT2D eigenvalue weighted by molar-refractivity contribution is -0.181. The fraction of sp³-hybridized carbons (Fsp3) is 0.850. The lowest BCUT2D eigenvalue weighted by Gasteiger charge is -2.50. The van der Waals surface area contributed by atoms with Gasteiger partial charge in [-0.1, -0.05) is 26.8 Å². The monoisotopic (exact) mass is 336 g/mol. The molecule has 3 rings (SSSR count). The van der Waals surface area contributed by atoms with E-state index in [1.54, 1.807) is 6.08 Å². The number of hydrogen-bond donors (Lipinski definition) is 2. The topological polar surface area (TPSA) is 66.8 Å². The molecule has 3 aliphatic carbocycles. The Bertz CT molecular complexity index is 516. The zero-order valence-corrected chi connectivity index (χ0v) is 15.2. The van der Waals surface area contributed by atoms with Crippen molar-refractivity contribution in [1.82, 2.24) is 0 Å². The second kappa shape index (κ2) is 6.14. The molecule has 136 valence electrons. The molecule has 4 nitrogen and oxygen atoms in total. The summed E-state index contributed by atoms with van der Waals surface area (Å²) in [5, 5.41) is 21.5. The van der Waals surface area contributed by atoms with Gasteiger partial charge in [0.05, 0.1) is 17.6 Å². The minimum Gasteiger partial charge on any atom is -0.458 e. The molecule has 7 unspecified atom stereocenters. The Morgan fingerprint density at radius 3 is 2.62 bits per heavy atom. The smallest absolute Gasteiger partial charge is 0.313 e. The van der Waals surface area contributed by atoms with Crippen molar-refractivity contribution >= 4 is 5.97 Å². The van der Waals surface area contributed by atoms with Gasteiger partial charge in [0, 0.05) is 12.3 Å². The molecule has 3 aliphatic rings. The molecule has 0 saturated heterocycles. The van der Waals surface area contributed by atoms with E-state index in [0.29, 0.717) is 24.7 Å². The van der Waals surface area contributed by atoms with Crippen LogP contribution in [0.25, 0.3) is 0 Å². The molecule has 0 aliphatic heterocycles. The maximum atomic E-state index is 12.8. The van der Waals surface area contributed by atoms with Crippen LogP contribution in [0.15, 0.2) is 12.7 Å². The molecular formula is C20H32O4. The summed E-state index contributed by atoms with van der Waals surface area (Å²) >= 11 is 0. The van der Waals surface area contributed by atoms with E-state index in [2.05, 4.69) is 20.4 Å². The summed E-state index contributed by atoms with van der Waals surface area (Å²) in [4.78, 5) is 12.8. The highest BCUT2D eigenvalue weighted by Crippen LogP contribution is 2.64. The first-order valence-electron chi connectivity index (χ1n) is 9.50. The van der Waals surface area contributed by atoms with Crippen molar-refractivity contribution in [2.75, 3.05) is 0 Å². The molecule has 0 heterocycles.